The van der Waals surface area contributed by atoms with Gasteiger partial charge in [-0.25, -0.2) is 4.79 Å². The minimum Gasteiger partial charge on any atom is -0.478 e. The molecular formula is C21H23N3O4. The topological polar surface area (TPSA) is 88.6 Å². The fourth-order valence-corrected chi connectivity index (χ4v) is 4.05. The van der Waals surface area contributed by atoms with Gasteiger partial charge in [0.05, 0.1) is 17.9 Å². The second kappa shape index (κ2) is 6.82. The Morgan fingerprint density at radius 2 is 1.89 bits per heavy atom. The minimum absolute atomic E-state index is 0.0880. The monoisotopic (exact) mass is 381 g/mol. The van der Waals surface area contributed by atoms with Gasteiger partial charge in [-0.1, -0.05) is 18.2 Å². The Balaban J connectivity index is 1.51. The molecule has 0 saturated carbocycles. The van der Waals surface area contributed by atoms with E-state index in [4.69, 9.17) is 4.42 Å². The molecule has 3 heterocycles. The molecule has 7 heteroatoms. The number of carboxylic acids is 1. The number of amides is 1. The van der Waals surface area contributed by atoms with E-state index in [1.54, 1.807) is 11.6 Å². The molecule has 0 aliphatic carbocycles. The van der Waals surface area contributed by atoms with Crippen molar-refractivity contribution in [3.8, 4) is 0 Å². The van der Waals surface area contributed by atoms with Crippen molar-refractivity contribution in [2.45, 2.75) is 39.7 Å². The number of carbonyl (C=O) groups is 2. The molecule has 1 saturated heterocycles. The van der Waals surface area contributed by atoms with Gasteiger partial charge in [0.15, 0.2) is 5.76 Å². The summed E-state index contributed by atoms with van der Waals surface area (Å²) in [5, 5.41) is 14.4. The lowest BCUT2D eigenvalue weighted by atomic mass is 10.0. The number of carboxylic acid groups (broad SMARTS) is 1. The van der Waals surface area contributed by atoms with E-state index in [1.807, 2.05) is 36.9 Å². The van der Waals surface area contributed by atoms with Gasteiger partial charge < -0.3 is 14.4 Å². The van der Waals surface area contributed by atoms with Gasteiger partial charge >= 0.3 is 5.97 Å². The lowest BCUT2D eigenvalue weighted by Gasteiger charge is -2.32. The Morgan fingerprint density at radius 1 is 1.18 bits per heavy atom. The summed E-state index contributed by atoms with van der Waals surface area (Å²) in [4.78, 5) is 26.1. The maximum Gasteiger partial charge on any atom is 0.339 e. The first kappa shape index (κ1) is 18.3. The van der Waals surface area contributed by atoms with E-state index < -0.39 is 5.97 Å². The van der Waals surface area contributed by atoms with E-state index in [2.05, 4.69) is 5.10 Å². The fourth-order valence-electron chi connectivity index (χ4n) is 4.05. The lowest BCUT2D eigenvalue weighted by molar-refractivity contribution is 0.0658. The zero-order valence-corrected chi connectivity index (χ0v) is 16.2. The van der Waals surface area contributed by atoms with Gasteiger partial charge in [0.1, 0.15) is 11.1 Å². The van der Waals surface area contributed by atoms with Gasteiger partial charge in [-0.2, -0.15) is 5.10 Å². The van der Waals surface area contributed by atoms with Crippen LogP contribution in [0.15, 0.2) is 28.8 Å². The highest BCUT2D eigenvalue weighted by atomic mass is 16.4. The largest absolute Gasteiger partial charge is 0.478 e. The van der Waals surface area contributed by atoms with Crippen LogP contribution < -0.4 is 0 Å². The van der Waals surface area contributed by atoms with E-state index >= 15 is 0 Å². The van der Waals surface area contributed by atoms with Crippen LogP contribution in [0.4, 0.5) is 0 Å². The number of aryl methyl sites for hydroxylation is 2. The fraction of sp³-hybridized carbons (Fsp3) is 0.381. The summed E-state index contributed by atoms with van der Waals surface area (Å²) in [5.41, 5.74) is 3.54. The summed E-state index contributed by atoms with van der Waals surface area (Å²) in [6, 6.07) is 6.02. The number of nitrogens with zero attached hydrogens (tertiary/aromatic N) is 3. The van der Waals surface area contributed by atoms with E-state index in [0.29, 0.717) is 24.5 Å². The van der Waals surface area contributed by atoms with Gasteiger partial charge in [-0.05, 0) is 39.2 Å². The molecule has 1 fully saturated rings. The van der Waals surface area contributed by atoms with Crippen molar-refractivity contribution in [2.75, 3.05) is 13.1 Å². The molecular weight excluding hydrogens is 358 g/mol. The molecule has 1 aliphatic heterocycles. The van der Waals surface area contributed by atoms with Crippen molar-refractivity contribution in [3.05, 3.63) is 52.5 Å². The van der Waals surface area contributed by atoms with E-state index in [1.165, 1.54) is 6.20 Å². The van der Waals surface area contributed by atoms with Crippen molar-refractivity contribution in [2.24, 2.45) is 0 Å². The average Bonchev–Trinajstić information content (AvgIpc) is 3.23. The van der Waals surface area contributed by atoms with Crippen LogP contribution in [0, 0.1) is 20.8 Å². The number of benzene rings is 1. The molecule has 0 unspecified atom stereocenters. The van der Waals surface area contributed by atoms with Crippen molar-refractivity contribution >= 4 is 22.8 Å². The average molecular weight is 381 g/mol. The van der Waals surface area contributed by atoms with E-state index in [0.717, 1.165) is 34.9 Å². The number of aromatic carboxylic acids is 1. The van der Waals surface area contributed by atoms with Crippen LogP contribution in [-0.2, 0) is 0 Å². The first-order valence-electron chi connectivity index (χ1n) is 9.44. The highest BCUT2D eigenvalue weighted by Gasteiger charge is 2.29. The molecule has 1 N–H and O–H groups in total. The number of furan rings is 1. The van der Waals surface area contributed by atoms with Crippen LogP contribution in [0.2, 0.25) is 0 Å². The van der Waals surface area contributed by atoms with E-state index in [9.17, 15) is 14.7 Å². The van der Waals surface area contributed by atoms with Gasteiger partial charge in [-0.15, -0.1) is 0 Å². The Bertz CT molecular complexity index is 1070. The molecule has 0 radical (unpaired) electrons. The Kier molecular flexibility index (Phi) is 4.45. The first-order chi connectivity index (χ1) is 13.4. The quantitative estimate of drug-likeness (QED) is 0.747. The number of carbonyl (C=O) groups excluding carboxylic acids is 1. The van der Waals surface area contributed by atoms with Crippen LogP contribution in [0.1, 0.15) is 56.6 Å². The number of para-hydroxylation sites is 1. The number of likely N-dealkylation sites (tertiary alicyclic amines) is 1. The third kappa shape index (κ3) is 2.87. The predicted octanol–water partition coefficient (Wildman–Crippen LogP) is 3.73. The van der Waals surface area contributed by atoms with Crippen LogP contribution in [0.25, 0.3) is 11.0 Å². The van der Waals surface area contributed by atoms with Crippen molar-refractivity contribution in [1.82, 2.24) is 14.7 Å². The normalized spacial score (nSPS) is 15.3. The summed E-state index contributed by atoms with van der Waals surface area (Å²) in [7, 11) is 0. The molecule has 0 spiro atoms. The number of hydrogen-bond donors (Lipinski definition) is 1. The molecule has 2 aromatic heterocycles. The van der Waals surface area contributed by atoms with Crippen molar-refractivity contribution < 1.29 is 19.1 Å². The maximum absolute atomic E-state index is 13.0. The number of piperidine rings is 1. The molecule has 146 valence electrons. The molecule has 7 nitrogen and oxygen atoms in total. The molecule has 0 atom stereocenters. The third-order valence-corrected chi connectivity index (χ3v) is 5.73. The van der Waals surface area contributed by atoms with Gasteiger partial charge in [0, 0.05) is 24.0 Å². The third-order valence-electron chi connectivity index (χ3n) is 5.73. The van der Waals surface area contributed by atoms with Gasteiger partial charge in [-0.3, -0.25) is 9.48 Å². The molecule has 1 aliphatic rings. The Morgan fingerprint density at radius 3 is 2.50 bits per heavy atom. The second-order valence-corrected chi connectivity index (χ2v) is 7.42. The smallest absolute Gasteiger partial charge is 0.339 e. The predicted molar refractivity (Wildman–Crippen MR) is 104 cm³/mol. The SMILES string of the molecule is Cc1c(C(=O)N2CCC(n3ncc(C(=O)O)c3C)CC2)oc2c(C)cccc12. The molecule has 4 rings (SSSR count). The van der Waals surface area contributed by atoms with Crippen LogP contribution in [-0.4, -0.2) is 44.8 Å². The summed E-state index contributed by atoms with van der Waals surface area (Å²) >= 11 is 0. The van der Waals surface area contributed by atoms with E-state index in [-0.39, 0.29) is 17.5 Å². The van der Waals surface area contributed by atoms with Crippen LogP contribution in [0.3, 0.4) is 0 Å². The number of rotatable bonds is 3. The standard InChI is InChI=1S/C21H23N3O4/c1-12-5-4-6-16-13(2)19(28-18(12)16)20(25)23-9-7-15(8-10-23)24-14(3)17(11-22-24)21(26)27/h4-6,11,15H,7-10H2,1-3H3,(H,26,27). The second-order valence-electron chi connectivity index (χ2n) is 7.42. The van der Waals surface area contributed by atoms with Gasteiger partial charge in [0.25, 0.3) is 5.91 Å². The zero-order chi connectivity index (χ0) is 20.0. The van der Waals surface area contributed by atoms with Crippen LogP contribution >= 0.6 is 0 Å². The molecule has 1 amide bonds. The molecule has 1 aromatic carbocycles. The first-order valence-corrected chi connectivity index (χ1v) is 9.44. The van der Waals surface area contributed by atoms with Crippen LogP contribution in [0.5, 0.6) is 0 Å². The lowest BCUT2D eigenvalue weighted by Crippen LogP contribution is -2.39. The summed E-state index contributed by atoms with van der Waals surface area (Å²) in [6.45, 7) is 6.84. The summed E-state index contributed by atoms with van der Waals surface area (Å²) in [6.07, 6.45) is 2.85. The highest BCUT2D eigenvalue weighted by Crippen LogP contribution is 2.30. The Labute approximate surface area is 162 Å². The highest BCUT2D eigenvalue weighted by molar-refractivity contribution is 5.99. The van der Waals surface area contributed by atoms with Crippen molar-refractivity contribution in [1.29, 1.82) is 0 Å². The Hall–Kier alpha value is -3.09. The summed E-state index contributed by atoms with van der Waals surface area (Å²) in [5.74, 6) is -0.645. The zero-order valence-electron chi connectivity index (χ0n) is 16.2. The number of hydrogen-bond acceptors (Lipinski definition) is 4. The van der Waals surface area contributed by atoms with Crippen molar-refractivity contribution in [3.63, 3.8) is 0 Å². The number of fused-ring (bicyclic) bond motifs is 1. The van der Waals surface area contributed by atoms with Gasteiger partial charge in [0.2, 0.25) is 0 Å². The summed E-state index contributed by atoms with van der Waals surface area (Å²) < 4.78 is 7.71. The molecule has 0 bridgehead atoms. The maximum atomic E-state index is 13.0. The molecule has 28 heavy (non-hydrogen) atoms. The molecule has 3 aromatic rings. The number of aromatic nitrogens is 2. The minimum atomic E-state index is -0.966.